The lowest BCUT2D eigenvalue weighted by Crippen LogP contribution is -2.43. The van der Waals surface area contributed by atoms with Gasteiger partial charge in [0.05, 0.1) is 0 Å². The maximum absolute atomic E-state index is 5.80. The quantitative estimate of drug-likeness (QED) is 0.640. The normalized spacial score (nSPS) is 35.1. The number of methoxy groups -OCH3 is 1. The zero-order valence-corrected chi connectivity index (χ0v) is 6.84. The van der Waals surface area contributed by atoms with Gasteiger partial charge in [-0.3, -0.25) is 0 Å². The van der Waals surface area contributed by atoms with E-state index in [1.807, 2.05) is 0 Å². The monoisotopic (exact) mass is 143 g/mol. The number of hydrogen-bond donors (Lipinski definition) is 1. The summed E-state index contributed by atoms with van der Waals surface area (Å²) in [6.45, 7) is 3.07. The smallest absolute Gasteiger partial charge is 0.0491 e. The van der Waals surface area contributed by atoms with Gasteiger partial charge in [0.25, 0.3) is 0 Å². The third kappa shape index (κ3) is 1.50. The van der Waals surface area contributed by atoms with E-state index in [-0.39, 0.29) is 0 Å². The Bertz CT molecular complexity index is 105. The number of ether oxygens (including phenoxy) is 1. The fraction of sp³-hybridized carbons (Fsp3) is 1.00. The minimum absolute atomic E-state index is 0.449. The molecule has 1 fully saturated rings. The Hall–Kier alpha value is -0.0800. The highest BCUT2D eigenvalue weighted by Crippen LogP contribution is 2.32. The Labute approximate surface area is 62.7 Å². The summed E-state index contributed by atoms with van der Waals surface area (Å²) in [5.74, 6) is 1.37. The van der Waals surface area contributed by atoms with E-state index in [1.54, 1.807) is 7.11 Å². The van der Waals surface area contributed by atoms with Gasteiger partial charge >= 0.3 is 0 Å². The van der Waals surface area contributed by atoms with Gasteiger partial charge < -0.3 is 10.5 Å². The van der Waals surface area contributed by atoms with E-state index >= 15 is 0 Å². The van der Waals surface area contributed by atoms with Gasteiger partial charge in [0.15, 0.2) is 0 Å². The summed E-state index contributed by atoms with van der Waals surface area (Å²) >= 11 is 0. The Morgan fingerprint density at radius 2 is 2.30 bits per heavy atom. The Morgan fingerprint density at radius 3 is 2.60 bits per heavy atom. The molecule has 1 rings (SSSR count). The third-order valence-corrected chi connectivity index (χ3v) is 2.54. The highest BCUT2D eigenvalue weighted by Gasteiger charge is 2.31. The summed E-state index contributed by atoms with van der Waals surface area (Å²) in [4.78, 5) is 0. The van der Waals surface area contributed by atoms with Crippen molar-refractivity contribution >= 4 is 0 Å². The topological polar surface area (TPSA) is 35.2 Å². The van der Waals surface area contributed by atoms with Gasteiger partial charge in [0, 0.05) is 19.8 Å². The van der Waals surface area contributed by atoms with Crippen molar-refractivity contribution in [1.29, 1.82) is 0 Å². The van der Waals surface area contributed by atoms with E-state index in [2.05, 4.69) is 6.92 Å². The molecule has 3 unspecified atom stereocenters. The first-order chi connectivity index (χ1) is 4.75. The molecule has 3 atom stereocenters. The average molecular weight is 143 g/mol. The predicted octanol–water partition coefficient (Wildman–Crippen LogP) is 1.01. The molecule has 2 N–H and O–H groups in total. The van der Waals surface area contributed by atoms with Crippen molar-refractivity contribution in [3.8, 4) is 0 Å². The highest BCUT2D eigenvalue weighted by atomic mass is 16.5. The van der Waals surface area contributed by atoms with Gasteiger partial charge in [0.1, 0.15) is 0 Å². The molecular formula is C8H17NO. The SMILES string of the molecule is COCC(C)C1CCC1N. The summed E-state index contributed by atoms with van der Waals surface area (Å²) < 4.78 is 5.05. The van der Waals surface area contributed by atoms with E-state index in [4.69, 9.17) is 10.5 Å². The van der Waals surface area contributed by atoms with Gasteiger partial charge in [0.2, 0.25) is 0 Å². The van der Waals surface area contributed by atoms with Crippen molar-refractivity contribution in [1.82, 2.24) is 0 Å². The van der Waals surface area contributed by atoms with Gasteiger partial charge in [-0.2, -0.15) is 0 Å². The van der Waals surface area contributed by atoms with Crippen LogP contribution in [-0.4, -0.2) is 19.8 Å². The molecule has 1 saturated carbocycles. The van der Waals surface area contributed by atoms with Crippen molar-refractivity contribution in [2.45, 2.75) is 25.8 Å². The number of hydrogen-bond acceptors (Lipinski definition) is 2. The van der Waals surface area contributed by atoms with Gasteiger partial charge in [-0.15, -0.1) is 0 Å². The molecular weight excluding hydrogens is 126 g/mol. The molecule has 2 heteroatoms. The lowest BCUT2D eigenvalue weighted by atomic mass is 9.73. The first kappa shape index (κ1) is 8.02. The first-order valence-electron chi connectivity index (χ1n) is 4.00. The molecule has 10 heavy (non-hydrogen) atoms. The Morgan fingerprint density at radius 1 is 1.60 bits per heavy atom. The van der Waals surface area contributed by atoms with E-state index in [1.165, 1.54) is 12.8 Å². The molecule has 0 heterocycles. The minimum atomic E-state index is 0.449. The van der Waals surface area contributed by atoms with Gasteiger partial charge in [-0.1, -0.05) is 6.92 Å². The molecule has 0 aromatic heterocycles. The molecule has 0 aromatic carbocycles. The second kappa shape index (κ2) is 3.35. The van der Waals surface area contributed by atoms with Crippen LogP contribution in [0.5, 0.6) is 0 Å². The fourth-order valence-electron chi connectivity index (χ4n) is 1.64. The van der Waals surface area contributed by atoms with Crippen molar-refractivity contribution in [2.24, 2.45) is 17.6 Å². The maximum Gasteiger partial charge on any atom is 0.0491 e. The molecule has 60 valence electrons. The van der Waals surface area contributed by atoms with Crippen LogP contribution in [0.15, 0.2) is 0 Å². The van der Waals surface area contributed by atoms with Gasteiger partial charge in [-0.25, -0.2) is 0 Å². The summed E-state index contributed by atoms with van der Waals surface area (Å²) in [6.07, 6.45) is 2.50. The molecule has 0 radical (unpaired) electrons. The van der Waals surface area contributed by atoms with Crippen molar-refractivity contribution in [3.63, 3.8) is 0 Å². The lowest BCUT2D eigenvalue weighted by Gasteiger charge is -2.37. The van der Waals surface area contributed by atoms with Crippen LogP contribution in [0.25, 0.3) is 0 Å². The van der Waals surface area contributed by atoms with Crippen LogP contribution in [0.3, 0.4) is 0 Å². The molecule has 0 saturated heterocycles. The zero-order chi connectivity index (χ0) is 7.56. The van der Waals surface area contributed by atoms with Crippen LogP contribution in [0.2, 0.25) is 0 Å². The molecule has 2 nitrogen and oxygen atoms in total. The van der Waals surface area contributed by atoms with Crippen LogP contribution in [-0.2, 0) is 4.74 Å². The Balaban J connectivity index is 2.20. The van der Waals surface area contributed by atoms with E-state index in [9.17, 15) is 0 Å². The molecule has 0 amide bonds. The standard InChI is InChI=1S/C8H17NO/c1-6(5-10-2)7-3-4-8(7)9/h6-8H,3-5,9H2,1-2H3. The minimum Gasteiger partial charge on any atom is -0.384 e. The van der Waals surface area contributed by atoms with E-state index in [0.717, 1.165) is 12.5 Å². The van der Waals surface area contributed by atoms with Crippen LogP contribution >= 0.6 is 0 Å². The highest BCUT2D eigenvalue weighted by molar-refractivity contribution is 4.86. The van der Waals surface area contributed by atoms with Crippen molar-refractivity contribution in [2.75, 3.05) is 13.7 Å². The first-order valence-corrected chi connectivity index (χ1v) is 4.00. The van der Waals surface area contributed by atoms with Crippen LogP contribution in [0, 0.1) is 11.8 Å². The van der Waals surface area contributed by atoms with Crippen molar-refractivity contribution < 1.29 is 4.74 Å². The number of nitrogens with two attached hydrogens (primary N) is 1. The fourth-order valence-corrected chi connectivity index (χ4v) is 1.64. The summed E-state index contributed by atoms with van der Waals surface area (Å²) in [6, 6.07) is 0.449. The molecule has 0 spiro atoms. The maximum atomic E-state index is 5.80. The molecule has 0 aliphatic heterocycles. The van der Waals surface area contributed by atoms with Gasteiger partial charge in [-0.05, 0) is 24.7 Å². The van der Waals surface area contributed by atoms with E-state index in [0.29, 0.717) is 12.0 Å². The average Bonchev–Trinajstić information content (AvgIpc) is 1.85. The van der Waals surface area contributed by atoms with E-state index < -0.39 is 0 Å². The third-order valence-electron chi connectivity index (χ3n) is 2.54. The zero-order valence-electron chi connectivity index (χ0n) is 6.84. The summed E-state index contributed by atoms with van der Waals surface area (Å²) in [7, 11) is 1.75. The largest absolute Gasteiger partial charge is 0.384 e. The molecule has 1 aliphatic rings. The second-order valence-corrected chi connectivity index (χ2v) is 3.34. The molecule has 1 aliphatic carbocycles. The summed E-state index contributed by atoms with van der Waals surface area (Å²) in [5, 5.41) is 0. The van der Waals surface area contributed by atoms with Crippen LogP contribution in [0.4, 0.5) is 0 Å². The second-order valence-electron chi connectivity index (χ2n) is 3.34. The predicted molar refractivity (Wildman–Crippen MR) is 41.7 cm³/mol. The Kier molecular flexibility index (Phi) is 2.69. The lowest BCUT2D eigenvalue weighted by molar-refractivity contribution is 0.0839. The number of rotatable bonds is 3. The van der Waals surface area contributed by atoms with Crippen molar-refractivity contribution in [3.05, 3.63) is 0 Å². The van der Waals surface area contributed by atoms with Crippen LogP contribution in [0.1, 0.15) is 19.8 Å². The summed E-state index contributed by atoms with van der Waals surface area (Å²) in [5.41, 5.74) is 5.80. The molecule has 0 bridgehead atoms. The molecule has 0 aromatic rings. The van der Waals surface area contributed by atoms with Crippen LogP contribution < -0.4 is 5.73 Å².